The van der Waals surface area contributed by atoms with Crippen molar-refractivity contribution in [1.82, 2.24) is 0 Å². The number of benzene rings is 2. The fourth-order valence-corrected chi connectivity index (χ4v) is 5.64. The Morgan fingerprint density at radius 2 is 1.61 bits per heavy atom. The van der Waals surface area contributed by atoms with E-state index in [4.69, 9.17) is 9.84 Å². The number of hydrogen-bond donors (Lipinski definition) is 2. The van der Waals surface area contributed by atoms with Gasteiger partial charge >= 0.3 is 5.97 Å². The lowest BCUT2D eigenvalue weighted by atomic mass is 9.70. The van der Waals surface area contributed by atoms with Crippen LogP contribution in [0.1, 0.15) is 106 Å². The van der Waals surface area contributed by atoms with Crippen LogP contribution in [0.5, 0.6) is 5.75 Å². The topological polar surface area (TPSA) is 66.8 Å². The van der Waals surface area contributed by atoms with Crippen LogP contribution in [-0.2, 0) is 10.2 Å². The summed E-state index contributed by atoms with van der Waals surface area (Å²) in [6.07, 6.45) is 12.7. The van der Waals surface area contributed by atoms with E-state index >= 15 is 0 Å². The highest BCUT2D eigenvalue weighted by atomic mass is 16.5. The molecule has 0 aliphatic heterocycles. The zero-order valence-corrected chi connectivity index (χ0v) is 22.6. The first-order valence-electron chi connectivity index (χ1n) is 13.7. The molecular weight excluding hydrogens is 448 g/mol. The van der Waals surface area contributed by atoms with Crippen LogP contribution in [0.25, 0.3) is 6.08 Å². The van der Waals surface area contributed by atoms with Gasteiger partial charge in [0.15, 0.2) is 0 Å². The Bertz CT molecular complexity index is 1040. The Balaban J connectivity index is 1.75. The summed E-state index contributed by atoms with van der Waals surface area (Å²) in [5, 5.41) is 19.5. The first-order valence-corrected chi connectivity index (χ1v) is 13.7. The van der Waals surface area contributed by atoms with Crippen LogP contribution in [-0.4, -0.2) is 28.4 Å². The van der Waals surface area contributed by atoms with Gasteiger partial charge in [-0.25, -0.2) is 0 Å². The van der Waals surface area contributed by atoms with Crippen molar-refractivity contribution in [1.29, 1.82) is 0 Å². The van der Waals surface area contributed by atoms with Crippen LogP contribution >= 0.6 is 0 Å². The van der Waals surface area contributed by atoms with Crippen molar-refractivity contribution >= 4 is 12.0 Å². The molecule has 0 spiro atoms. The number of carbonyl (C=O) groups is 1. The zero-order valence-electron chi connectivity index (χ0n) is 22.6. The summed E-state index contributed by atoms with van der Waals surface area (Å²) < 4.78 is 6.02. The van der Waals surface area contributed by atoms with E-state index in [9.17, 15) is 9.90 Å². The van der Waals surface area contributed by atoms with Gasteiger partial charge in [0, 0.05) is 11.8 Å². The van der Waals surface area contributed by atoms with Gasteiger partial charge in [-0.1, -0.05) is 69.2 Å². The maximum absolute atomic E-state index is 10.7. The van der Waals surface area contributed by atoms with Crippen molar-refractivity contribution in [2.24, 2.45) is 0 Å². The average Bonchev–Trinajstić information content (AvgIpc) is 3.29. The number of aliphatic carboxylic acids is 1. The Labute approximate surface area is 217 Å². The van der Waals surface area contributed by atoms with Gasteiger partial charge in [0.05, 0.1) is 12.2 Å². The highest BCUT2D eigenvalue weighted by Crippen LogP contribution is 2.41. The van der Waals surface area contributed by atoms with Gasteiger partial charge in [0.2, 0.25) is 0 Å². The molecule has 0 saturated heterocycles. The molecule has 2 N–H and O–H groups in total. The normalized spacial score (nSPS) is 15.5. The summed E-state index contributed by atoms with van der Waals surface area (Å²) >= 11 is 0. The van der Waals surface area contributed by atoms with Crippen LogP contribution in [0, 0.1) is 13.8 Å². The maximum atomic E-state index is 10.7. The molecule has 2 aromatic rings. The van der Waals surface area contributed by atoms with E-state index in [1.54, 1.807) is 0 Å². The molecule has 2 aromatic carbocycles. The molecule has 0 atom stereocenters. The average molecular weight is 493 g/mol. The maximum Gasteiger partial charge on any atom is 0.303 e. The van der Waals surface area contributed by atoms with Crippen LogP contribution in [0.4, 0.5) is 0 Å². The number of carboxylic acids is 1. The van der Waals surface area contributed by atoms with Gasteiger partial charge in [-0.05, 0) is 92.7 Å². The molecule has 0 aromatic heterocycles. The first-order chi connectivity index (χ1) is 17.2. The number of rotatable bonds is 13. The highest BCUT2D eigenvalue weighted by Gasteiger charge is 2.32. The van der Waals surface area contributed by atoms with E-state index in [0.29, 0.717) is 13.0 Å². The van der Waals surface area contributed by atoms with E-state index in [-0.39, 0.29) is 11.8 Å². The third-order valence-corrected chi connectivity index (χ3v) is 8.09. The van der Waals surface area contributed by atoms with Crippen molar-refractivity contribution in [3.05, 3.63) is 70.3 Å². The van der Waals surface area contributed by atoms with E-state index in [2.05, 4.69) is 70.2 Å². The summed E-state index contributed by atoms with van der Waals surface area (Å²) in [7, 11) is 0. The second-order valence-corrected chi connectivity index (χ2v) is 10.5. The molecule has 4 heteroatoms. The van der Waals surface area contributed by atoms with E-state index in [1.807, 2.05) is 6.08 Å². The molecule has 1 aliphatic rings. The summed E-state index contributed by atoms with van der Waals surface area (Å²) in [5.74, 6) is 0.168. The van der Waals surface area contributed by atoms with Crippen molar-refractivity contribution in [2.45, 2.75) is 103 Å². The molecule has 1 saturated carbocycles. The minimum Gasteiger partial charge on any atom is -0.493 e. The molecule has 0 amide bonds. The number of hydrogen-bond acceptors (Lipinski definition) is 3. The minimum atomic E-state index is -0.735. The lowest BCUT2D eigenvalue weighted by Gasteiger charge is -2.34. The number of unbranched alkanes of at least 4 members (excludes halogenated alkanes) is 2. The summed E-state index contributed by atoms with van der Waals surface area (Å²) in [5.41, 5.74) is 5.46. The third kappa shape index (κ3) is 6.79. The molecule has 0 bridgehead atoms. The molecule has 1 fully saturated rings. The Morgan fingerprint density at radius 1 is 0.972 bits per heavy atom. The molecule has 0 radical (unpaired) electrons. The van der Waals surface area contributed by atoms with Crippen LogP contribution < -0.4 is 4.74 Å². The van der Waals surface area contributed by atoms with E-state index in [0.717, 1.165) is 62.7 Å². The highest BCUT2D eigenvalue weighted by molar-refractivity contribution is 5.66. The van der Waals surface area contributed by atoms with Gasteiger partial charge < -0.3 is 14.9 Å². The summed E-state index contributed by atoms with van der Waals surface area (Å²) in [4.78, 5) is 10.6. The fourth-order valence-electron chi connectivity index (χ4n) is 5.64. The Kier molecular flexibility index (Phi) is 9.78. The van der Waals surface area contributed by atoms with Crippen molar-refractivity contribution in [3.8, 4) is 5.75 Å². The van der Waals surface area contributed by atoms with Crippen molar-refractivity contribution in [2.75, 3.05) is 6.61 Å². The van der Waals surface area contributed by atoms with E-state index in [1.165, 1.54) is 22.3 Å². The summed E-state index contributed by atoms with van der Waals surface area (Å²) in [6.45, 7) is 9.40. The molecule has 36 heavy (non-hydrogen) atoms. The fraction of sp³-hybridized carbons (Fsp3) is 0.531. The number of carboxylic acid groups (broad SMARTS) is 1. The second kappa shape index (κ2) is 12.6. The molecule has 0 heterocycles. The largest absolute Gasteiger partial charge is 0.493 e. The molecule has 0 unspecified atom stereocenters. The zero-order chi connectivity index (χ0) is 26.2. The predicted octanol–water partition coefficient (Wildman–Crippen LogP) is 7.75. The van der Waals surface area contributed by atoms with E-state index < -0.39 is 11.6 Å². The Hall–Kier alpha value is -2.59. The van der Waals surface area contributed by atoms with Gasteiger partial charge in [-0.3, -0.25) is 4.79 Å². The standard InChI is InChI=1S/C32H44O4/c1-5-32(6-2,27-14-13-26(24(3)22-27)17-20-31(35)18-9-10-19-31)28-15-16-29(25(4)23-28)36-21-11-7-8-12-30(33)34/h13-17,20,22-23,35H,5-12,18-19,21H2,1-4H3,(H,33,34)/b20-17+. The third-order valence-electron chi connectivity index (χ3n) is 8.09. The number of aliphatic hydroxyl groups is 1. The van der Waals surface area contributed by atoms with Crippen LogP contribution in [0.15, 0.2) is 42.5 Å². The second-order valence-electron chi connectivity index (χ2n) is 10.5. The van der Waals surface area contributed by atoms with Gasteiger partial charge in [-0.15, -0.1) is 0 Å². The first kappa shape index (κ1) is 28.0. The monoisotopic (exact) mass is 492 g/mol. The minimum absolute atomic E-state index is 0.0726. The van der Waals surface area contributed by atoms with Crippen molar-refractivity contribution < 1.29 is 19.7 Å². The van der Waals surface area contributed by atoms with Crippen LogP contribution in [0.2, 0.25) is 0 Å². The van der Waals surface area contributed by atoms with Gasteiger partial charge in [0.1, 0.15) is 5.75 Å². The lowest BCUT2D eigenvalue weighted by molar-refractivity contribution is -0.137. The SMILES string of the molecule is CCC(CC)(c1ccc(/C=C/C2(O)CCCC2)c(C)c1)c1ccc(OCCCCCC(=O)O)c(C)c1. The molecular formula is C32H44O4. The molecule has 1 aliphatic carbocycles. The summed E-state index contributed by atoms with van der Waals surface area (Å²) in [6, 6.07) is 13.4. The van der Waals surface area contributed by atoms with Crippen LogP contribution in [0.3, 0.4) is 0 Å². The van der Waals surface area contributed by atoms with Gasteiger partial charge in [0.25, 0.3) is 0 Å². The lowest BCUT2D eigenvalue weighted by Crippen LogP contribution is -2.26. The number of ether oxygens (including phenoxy) is 1. The number of aryl methyl sites for hydroxylation is 2. The molecule has 4 nitrogen and oxygen atoms in total. The molecule has 196 valence electrons. The smallest absolute Gasteiger partial charge is 0.303 e. The Morgan fingerprint density at radius 3 is 2.19 bits per heavy atom. The quantitative estimate of drug-likeness (QED) is 0.281. The van der Waals surface area contributed by atoms with Crippen molar-refractivity contribution in [3.63, 3.8) is 0 Å². The van der Waals surface area contributed by atoms with Gasteiger partial charge in [-0.2, -0.15) is 0 Å². The predicted molar refractivity (Wildman–Crippen MR) is 148 cm³/mol. The molecule has 3 rings (SSSR count).